The summed E-state index contributed by atoms with van der Waals surface area (Å²) >= 11 is 18.5. The highest BCUT2D eigenvalue weighted by Gasteiger charge is 2.33. The molecule has 1 N–H and O–H groups in total. The average Bonchev–Trinajstić information content (AvgIpc) is 2.91. The molecule has 0 heterocycles. The molecular weight excluding hydrogens is 593 g/mol. The standard InChI is InChI=1S/C29H32Cl3N3O4S/c1-5-20(3)33-29(37)21(4)34(17-22-8-9-24(31)16-27(22)32)28(36)18-35(25-12-6-19(2)7-13-25)40(38,39)26-14-10-23(30)11-15-26/h6-16,20-21H,5,17-18H2,1-4H3,(H,33,37)/t20-,21-/m1/s1. The summed E-state index contributed by atoms with van der Waals surface area (Å²) in [5.41, 5.74) is 1.79. The van der Waals surface area contributed by atoms with Crippen molar-refractivity contribution in [3.8, 4) is 0 Å². The number of amides is 2. The monoisotopic (exact) mass is 623 g/mol. The van der Waals surface area contributed by atoms with Crippen molar-refractivity contribution >= 4 is 62.3 Å². The smallest absolute Gasteiger partial charge is 0.264 e. The Labute approximate surface area is 251 Å². The van der Waals surface area contributed by atoms with Crippen molar-refractivity contribution in [2.75, 3.05) is 10.8 Å². The van der Waals surface area contributed by atoms with Gasteiger partial charge in [-0.25, -0.2) is 8.42 Å². The number of anilines is 1. The summed E-state index contributed by atoms with van der Waals surface area (Å²) in [7, 11) is -4.18. The van der Waals surface area contributed by atoms with Crippen LogP contribution in [0.5, 0.6) is 0 Å². The molecule has 7 nitrogen and oxygen atoms in total. The Balaban J connectivity index is 2.04. The molecule has 3 aromatic rings. The van der Waals surface area contributed by atoms with Gasteiger partial charge in [0.2, 0.25) is 11.8 Å². The lowest BCUT2D eigenvalue weighted by Crippen LogP contribution is -2.52. The second-order valence-corrected chi connectivity index (χ2v) is 12.7. The minimum absolute atomic E-state index is 0.0277. The predicted octanol–water partition coefficient (Wildman–Crippen LogP) is 6.48. The van der Waals surface area contributed by atoms with Crippen LogP contribution in [0.4, 0.5) is 5.69 Å². The molecule has 0 unspecified atom stereocenters. The van der Waals surface area contributed by atoms with Gasteiger partial charge in [-0.15, -0.1) is 0 Å². The number of carbonyl (C=O) groups excluding carboxylic acids is 2. The number of nitrogens with one attached hydrogen (secondary N) is 1. The summed E-state index contributed by atoms with van der Waals surface area (Å²) in [6.07, 6.45) is 0.704. The molecular formula is C29H32Cl3N3O4S. The van der Waals surface area contributed by atoms with E-state index >= 15 is 0 Å². The van der Waals surface area contributed by atoms with E-state index in [1.807, 2.05) is 20.8 Å². The zero-order chi connectivity index (χ0) is 29.6. The number of nitrogens with zero attached hydrogens (tertiary/aromatic N) is 2. The minimum Gasteiger partial charge on any atom is -0.352 e. The molecule has 0 aliphatic rings. The molecule has 0 bridgehead atoms. The molecule has 0 saturated heterocycles. The van der Waals surface area contributed by atoms with E-state index in [4.69, 9.17) is 34.8 Å². The van der Waals surface area contributed by atoms with E-state index < -0.39 is 28.5 Å². The first-order chi connectivity index (χ1) is 18.8. The van der Waals surface area contributed by atoms with Gasteiger partial charge in [0, 0.05) is 27.7 Å². The second-order valence-electron chi connectivity index (χ2n) is 9.55. The Morgan fingerprint density at radius 2 is 1.50 bits per heavy atom. The van der Waals surface area contributed by atoms with Crippen LogP contribution in [0.3, 0.4) is 0 Å². The Morgan fingerprint density at radius 1 is 0.900 bits per heavy atom. The van der Waals surface area contributed by atoms with E-state index in [0.717, 1.165) is 9.87 Å². The molecule has 0 aliphatic heterocycles. The molecule has 0 fully saturated rings. The van der Waals surface area contributed by atoms with Crippen LogP contribution < -0.4 is 9.62 Å². The van der Waals surface area contributed by atoms with Gasteiger partial charge >= 0.3 is 0 Å². The first-order valence-corrected chi connectivity index (χ1v) is 15.3. The molecule has 0 aromatic heterocycles. The highest BCUT2D eigenvalue weighted by Crippen LogP contribution is 2.27. The van der Waals surface area contributed by atoms with E-state index in [9.17, 15) is 18.0 Å². The fraction of sp³-hybridized carbons (Fsp3) is 0.310. The molecule has 3 rings (SSSR count). The second kappa shape index (κ2) is 13.7. The summed E-state index contributed by atoms with van der Waals surface area (Å²) in [5.74, 6) is -0.953. The van der Waals surface area contributed by atoms with E-state index in [2.05, 4.69) is 5.32 Å². The van der Waals surface area contributed by atoms with Gasteiger partial charge in [0.25, 0.3) is 10.0 Å². The van der Waals surface area contributed by atoms with Crippen molar-refractivity contribution in [3.05, 3.63) is 92.9 Å². The molecule has 0 spiro atoms. The van der Waals surface area contributed by atoms with E-state index in [0.29, 0.717) is 32.7 Å². The van der Waals surface area contributed by atoms with Gasteiger partial charge < -0.3 is 10.2 Å². The lowest BCUT2D eigenvalue weighted by Gasteiger charge is -2.32. The summed E-state index contributed by atoms with van der Waals surface area (Å²) in [4.78, 5) is 28.4. The Bertz CT molecular complexity index is 1450. The van der Waals surface area contributed by atoms with E-state index in [1.165, 1.54) is 29.2 Å². The van der Waals surface area contributed by atoms with Crippen LogP contribution >= 0.6 is 34.8 Å². The average molecular weight is 625 g/mol. The largest absolute Gasteiger partial charge is 0.352 e. The molecule has 40 heavy (non-hydrogen) atoms. The quantitative estimate of drug-likeness (QED) is 0.265. The van der Waals surface area contributed by atoms with Crippen LogP contribution in [0.1, 0.15) is 38.3 Å². The summed E-state index contributed by atoms with van der Waals surface area (Å²) in [6.45, 7) is 6.69. The predicted molar refractivity (Wildman–Crippen MR) is 162 cm³/mol. The summed E-state index contributed by atoms with van der Waals surface area (Å²) in [6, 6.07) is 16.3. The number of benzene rings is 3. The third-order valence-corrected chi connectivity index (χ3v) is 9.15. The molecule has 3 aromatic carbocycles. The fourth-order valence-electron chi connectivity index (χ4n) is 3.86. The van der Waals surface area contributed by atoms with Gasteiger partial charge in [-0.1, -0.05) is 65.5 Å². The lowest BCUT2D eigenvalue weighted by atomic mass is 10.1. The third kappa shape index (κ3) is 7.91. The van der Waals surface area contributed by atoms with Crippen LogP contribution in [-0.4, -0.2) is 43.8 Å². The van der Waals surface area contributed by atoms with E-state index in [1.54, 1.807) is 49.4 Å². The SMILES string of the molecule is CC[C@@H](C)NC(=O)[C@@H](C)N(Cc1ccc(Cl)cc1Cl)C(=O)CN(c1ccc(C)cc1)S(=O)(=O)c1ccc(Cl)cc1. The Morgan fingerprint density at radius 3 is 2.08 bits per heavy atom. The van der Waals surface area contributed by atoms with Crippen molar-refractivity contribution in [2.45, 2.75) is 57.6 Å². The highest BCUT2D eigenvalue weighted by atomic mass is 35.5. The van der Waals surface area contributed by atoms with Crippen molar-refractivity contribution < 1.29 is 18.0 Å². The fourth-order valence-corrected chi connectivity index (χ4v) is 5.86. The van der Waals surface area contributed by atoms with Crippen molar-refractivity contribution in [1.82, 2.24) is 10.2 Å². The third-order valence-electron chi connectivity index (χ3n) is 6.53. The van der Waals surface area contributed by atoms with Crippen molar-refractivity contribution in [3.63, 3.8) is 0 Å². The maximum absolute atomic E-state index is 14.0. The topological polar surface area (TPSA) is 86.8 Å². The van der Waals surface area contributed by atoms with Crippen LogP contribution in [0, 0.1) is 6.92 Å². The minimum atomic E-state index is -4.18. The highest BCUT2D eigenvalue weighted by molar-refractivity contribution is 7.92. The molecule has 0 radical (unpaired) electrons. The van der Waals surface area contributed by atoms with E-state index in [-0.39, 0.29) is 23.4 Å². The van der Waals surface area contributed by atoms with Gasteiger partial charge in [-0.3, -0.25) is 13.9 Å². The number of sulfonamides is 1. The van der Waals surface area contributed by atoms with Gasteiger partial charge in [0.05, 0.1) is 10.6 Å². The number of hydrogen-bond acceptors (Lipinski definition) is 4. The van der Waals surface area contributed by atoms with Crippen molar-refractivity contribution in [2.24, 2.45) is 0 Å². The summed E-state index contributed by atoms with van der Waals surface area (Å²) in [5, 5.41) is 4.02. The first-order valence-electron chi connectivity index (χ1n) is 12.7. The van der Waals surface area contributed by atoms with Gasteiger partial charge in [-0.05, 0) is 81.3 Å². The van der Waals surface area contributed by atoms with Crippen LogP contribution in [0.15, 0.2) is 71.6 Å². The van der Waals surface area contributed by atoms with Crippen LogP contribution in [0.2, 0.25) is 15.1 Å². The van der Waals surface area contributed by atoms with Gasteiger partial charge in [0.1, 0.15) is 12.6 Å². The number of carbonyl (C=O) groups is 2. The zero-order valence-electron chi connectivity index (χ0n) is 22.7. The molecule has 0 saturated carbocycles. The first kappa shape index (κ1) is 31.7. The Hall–Kier alpha value is -2.78. The maximum atomic E-state index is 14.0. The van der Waals surface area contributed by atoms with Crippen LogP contribution in [0.25, 0.3) is 0 Å². The number of halogens is 3. The lowest BCUT2D eigenvalue weighted by molar-refractivity contribution is -0.139. The molecule has 11 heteroatoms. The van der Waals surface area contributed by atoms with Crippen LogP contribution in [-0.2, 0) is 26.2 Å². The molecule has 2 atom stereocenters. The Kier molecular flexibility index (Phi) is 10.9. The number of rotatable bonds is 11. The zero-order valence-corrected chi connectivity index (χ0v) is 25.8. The number of aryl methyl sites for hydroxylation is 1. The van der Waals surface area contributed by atoms with Gasteiger partial charge in [-0.2, -0.15) is 0 Å². The van der Waals surface area contributed by atoms with Crippen molar-refractivity contribution in [1.29, 1.82) is 0 Å². The summed E-state index contributed by atoms with van der Waals surface area (Å²) < 4.78 is 28.7. The van der Waals surface area contributed by atoms with Gasteiger partial charge in [0.15, 0.2) is 0 Å². The number of hydrogen-bond donors (Lipinski definition) is 1. The maximum Gasteiger partial charge on any atom is 0.264 e. The molecule has 2 amide bonds. The molecule has 214 valence electrons. The molecule has 0 aliphatic carbocycles. The normalized spacial score (nSPS) is 12.9.